The zero-order valence-electron chi connectivity index (χ0n) is 16.0. The lowest BCUT2D eigenvalue weighted by molar-refractivity contribution is -0.00513. The summed E-state index contributed by atoms with van der Waals surface area (Å²) < 4.78 is 0. The Kier molecular flexibility index (Phi) is 4.32. The number of likely N-dealkylation sites (tertiary alicyclic amines) is 1. The first-order valence-electron chi connectivity index (χ1n) is 10.5. The van der Waals surface area contributed by atoms with Gasteiger partial charge in [0.05, 0.1) is 0 Å². The minimum Gasteiger partial charge on any atom is -0.508 e. The summed E-state index contributed by atoms with van der Waals surface area (Å²) in [4.78, 5) is 2.73. The molecule has 1 saturated heterocycles. The van der Waals surface area contributed by atoms with Crippen molar-refractivity contribution in [2.75, 3.05) is 13.1 Å². The zero-order valence-corrected chi connectivity index (χ0v) is 16.0. The molecule has 0 spiro atoms. The molecule has 3 atom stereocenters. The van der Waals surface area contributed by atoms with Gasteiger partial charge in [0, 0.05) is 18.0 Å². The largest absolute Gasteiger partial charge is 0.508 e. The second-order valence-corrected chi connectivity index (χ2v) is 8.68. The van der Waals surface area contributed by atoms with Gasteiger partial charge in [-0.15, -0.1) is 0 Å². The Morgan fingerprint density at radius 3 is 2.85 bits per heavy atom. The summed E-state index contributed by atoms with van der Waals surface area (Å²) in [7, 11) is 0. The number of nitrogens with zero attached hydrogens (tertiary/aromatic N) is 1. The van der Waals surface area contributed by atoms with Gasteiger partial charge in [-0.3, -0.25) is 4.90 Å². The van der Waals surface area contributed by atoms with Crippen LogP contribution in [0, 0.1) is 5.92 Å². The summed E-state index contributed by atoms with van der Waals surface area (Å²) in [5, 5.41) is 10.1. The van der Waals surface area contributed by atoms with Crippen LogP contribution in [-0.4, -0.2) is 29.1 Å². The number of piperidine rings is 1. The van der Waals surface area contributed by atoms with Crippen molar-refractivity contribution in [1.29, 1.82) is 0 Å². The van der Waals surface area contributed by atoms with E-state index in [1.165, 1.54) is 55.3 Å². The first-order chi connectivity index (χ1) is 13.3. The molecule has 0 radical (unpaired) electrons. The Morgan fingerprint density at radius 1 is 1.07 bits per heavy atom. The predicted octanol–water partition coefficient (Wildman–Crippen LogP) is 5.16. The van der Waals surface area contributed by atoms with Crippen molar-refractivity contribution >= 4 is 6.08 Å². The first kappa shape index (κ1) is 17.1. The lowest BCUT2D eigenvalue weighted by Gasteiger charge is -2.59. The van der Waals surface area contributed by atoms with Crippen molar-refractivity contribution in [3.05, 3.63) is 71.3 Å². The monoisotopic (exact) mass is 359 g/mol. The van der Waals surface area contributed by atoms with Crippen LogP contribution in [0.15, 0.2) is 54.6 Å². The van der Waals surface area contributed by atoms with Crippen LogP contribution in [-0.2, 0) is 11.8 Å². The molecular formula is C25H29NO. The third-order valence-electron chi connectivity index (χ3n) is 7.39. The molecule has 2 fully saturated rings. The molecule has 1 aliphatic heterocycles. The number of fused-ring (bicyclic) bond motifs is 1. The van der Waals surface area contributed by atoms with Crippen LogP contribution < -0.4 is 0 Å². The molecule has 0 amide bonds. The highest BCUT2D eigenvalue weighted by molar-refractivity contribution is 5.49. The number of aromatic hydroxyl groups is 1. The summed E-state index contributed by atoms with van der Waals surface area (Å²) in [5.74, 6) is 1.19. The molecule has 2 aliphatic carbocycles. The van der Waals surface area contributed by atoms with Crippen molar-refractivity contribution in [3.8, 4) is 5.75 Å². The third-order valence-corrected chi connectivity index (χ3v) is 7.39. The van der Waals surface area contributed by atoms with E-state index in [0.29, 0.717) is 17.2 Å². The van der Waals surface area contributed by atoms with Gasteiger partial charge in [0.2, 0.25) is 0 Å². The van der Waals surface area contributed by atoms with E-state index >= 15 is 0 Å². The van der Waals surface area contributed by atoms with E-state index < -0.39 is 0 Å². The van der Waals surface area contributed by atoms with Crippen molar-refractivity contribution < 1.29 is 5.11 Å². The van der Waals surface area contributed by atoms with Crippen LogP contribution in [0.2, 0.25) is 0 Å². The summed E-state index contributed by atoms with van der Waals surface area (Å²) in [6.07, 6.45) is 12.3. The lowest BCUT2D eigenvalue weighted by atomic mass is 9.52. The van der Waals surface area contributed by atoms with Gasteiger partial charge in [-0.2, -0.15) is 0 Å². The average Bonchev–Trinajstić information content (AvgIpc) is 2.71. The topological polar surface area (TPSA) is 23.5 Å². The van der Waals surface area contributed by atoms with Gasteiger partial charge in [0.25, 0.3) is 0 Å². The van der Waals surface area contributed by atoms with Crippen molar-refractivity contribution in [1.82, 2.24) is 4.90 Å². The molecule has 0 unspecified atom stereocenters. The predicted molar refractivity (Wildman–Crippen MR) is 111 cm³/mol. The van der Waals surface area contributed by atoms with E-state index in [4.69, 9.17) is 0 Å². The van der Waals surface area contributed by atoms with Crippen LogP contribution in [0.5, 0.6) is 5.75 Å². The average molecular weight is 360 g/mol. The van der Waals surface area contributed by atoms with Gasteiger partial charge >= 0.3 is 0 Å². The Bertz CT molecular complexity index is 843. The summed E-state index contributed by atoms with van der Waals surface area (Å²) in [5.41, 5.74) is 4.55. The van der Waals surface area contributed by atoms with Crippen LogP contribution >= 0.6 is 0 Å². The molecule has 0 aromatic heterocycles. The van der Waals surface area contributed by atoms with Crippen LogP contribution in [0.1, 0.15) is 48.8 Å². The van der Waals surface area contributed by atoms with Gasteiger partial charge in [-0.25, -0.2) is 0 Å². The van der Waals surface area contributed by atoms with E-state index in [0.717, 1.165) is 18.9 Å². The SMILES string of the molecule is Oc1ccc2c(c1)[C@@]13CCCC[C@H]1[C@@H](C2)N(C/C=C/c1ccccc1)CC3. The quantitative estimate of drug-likeness (QED) is 0.818. The highest BCUT2D eigenvalue weighted by Crippen LogP contribution is 2.56. The summed E-state index contributed by atoms with van der Waals surface area (Å²) >= 11 is 0. The third kappa shape index (κ3) is 2.91. The van der Waals surface area contributed by atoms with E-state index in [2.05, 4.69) is 59.5 Å². The molecule has 3 aliphatic rings. The number of rotatable bonds is 3. The van der Waals surface area contributed by atoms with E-state index in [1.54, 1.807) is 0 Å². The Hall–Kier alpha value is -2.06. The Balaban J connectivity index is 1.43. The molecule has 1 N–H and O–H groups in total. The van der Waals surface area contributed by atoms with Gasteiger partial charge in [-0.05, 0) is 67.0 Å². The van der Waals surface area contributed by atoms with Crippen LogP contribution in [0.25, 0.3) is 6.08 Å². The van der Waals surface area contributed by atoms with E-state index in [-0.39, 0.29) is 0 Å². The molecule has 2 aromatic rings. The van der Waals surface area contributed by atoms with Crippen molar-refractivity contribution in [2.24, 2.45) is 5.92 Å². The maximum absolute atomic E-state index is 10.1. The van der Waals surface area contributed by atoms with Gasteiger partial charge in [0.1, 0.15) is 5.75 Å². The maximum atomic E-state index is 10.1. The number of phenols is 1. The fourth-order valence-corrected chi connectivity index (χ4v) is 6.19. The highest BCUT2D eigenvalue weighted by atomic mass is 16.3. The number of hydrogen-bond acceptors (Lipinski definition) is 2. The van der Waals surface area contributed by atoms with Gasteiger partial charge in [-0.1, -0.05) is 61.4 Å². The molecule has 2 bridgehead atoms. The first-order valence-corrected chi connectivity index (χ1v) is 10.5. The fourth-order valence-electron chi connectivity index (χ4n) is 6.19. The standard InChI is InChI=1S/C25H29NO/c27-21-12-11-20-17-24-22-10-4-5-13-25(22,23(20)18-21)14-16-26(24)15-6-9-19-7-2-1-3-8-19/h1-3,6-9,11-12,18,22,24,27H,4-5,10,13-17H2/b9-6+/t22-,24+,25+/m0/s1. The fraction of sp³-hybridized carbons (Fsp3) is 0.440. The minimum absolute atomic E-state index is 0.314. The van der Waals surface area contributed by atoms with Crippen molar-refractivity contribution in [3.63, 3.8) is 0 Å². The number of hydrogen-bond donors (Lipinski definition) is 1. The van der Waals surface area contributed by atoms with Gasteiger partial charge in [0.15, 0.2) is 0 Å². The molecule has 5 rings (SSSR count). The smallest absolute Gasteiger partial charge is 0.115 e. The Labute approximate surface area is 162 Å². The maximum Gasteiger partial charge on any atom is 0.115 e. The summed E-state index contributed by atoms with van der Waals surface area (Å²) in [6, 6.07) is 17.4. The molecule has 2 nitrogen and oxygen atoms in total. The molecule has 2 heteroatoms. The number of benzene rings is 2. The summed E-state index contributed by atoms with van der Waals surface area (Å²) in [6.45, 7) is 2.22. The lowest BCUT2D eigenvalue weighted by Crippen LogP contribution is -2.60. The van der Waals surface area contributed by atoms with E-state index in [9.17, 15) is 5.11 Å². The molecule has 1 saturated carbocycles. The second kappa shape index (κ2) is 6.83. The molecule has 140 valence electrons. The van der Waals surface area contributed by atoms with Gasteiger partial charge < -0.3 is 5.11 Å². The Morgan fingerprint density at radius 2 is 1.96 bits per heavy atom. The zero-order chi connectivity index (χ0) is 18.3. The second-order valence-electron chi connectivity index (χ2n) is 8.68. The highest BCUT2D eigenvalue weighted by Gasteiger charge is 2.53. The molecular weight excluding hydrogens is 330 g/mol. The van der Waals surface area contributed by atoms with Crippen LogP contribution in [0.3, 0.4) is 0 Å². The molecule has 27 heavy (non-hydrogen) atoms. The minimum atomic E-state index is 0.314. The van der Waals surface area contributed by atoms with Crippen LogP contribution in [0.4, 0.5) is 0 Å². The molecule has 1 heterocycles. The molecule has 2 aromatic carbocycles. The normalized spacial score (nSPS) is 30.1. The van der Waals surface area contributed by atoms with Crippen molar-refractivity contribution in [2.45, 2.75) is 50.0 Å². The number of phenolic OH excluding ortho intramolecular Hbond substituents is 1. The van der Waals surface area contributed by atoms with E-state index in [1.807, 2.05) is 6.07 Å².